The van der Waals surface area contributed by atoms with Gasteiger partial charge in [0, 0.05) is 45.1 Å². The van der Waals surface area contributed by atoms with Crippen molar-refractivity contribution in [2.45, 2.75) is 32.1 Å². The quantitative estimate of drug-likeness (QED) is 0.701. The van der Waals surface area contributed by atoms with Crippen molar-refractivity contribution in [2.24, 2.45) is 5.92 Å². The molecule has 0 unspecified atom stereocenters. The first-order valence-corrected chi connectivity index (χ1v) is 7.42. The third-order valence-corrected chi connectivity index (χ3v) is 4.28. The normalized spacial score (nSPS) is 26.1. The van der Waals surface area contributed by atoms with Gasteiger partial charge in [-0.2, -0.15) is 0 Å². The molecule has 1 aliphatic carbocycles. The molecule has 1 saturated heterocycles. The number of hydrogen-bond acceptors (Lipinski definition) is 2. The van der Waals surface area contributed by atoms with Crippen LogP contribution in [0.15, 0.2) is 0 Å². The number of piperazine rings is 1. The van der Waals surface area contributed by atoms with Gasteiger partial charge in [-0.1, -0.05) is 19.3 Å². The number of hydrogen-bond donors (Lipinski definition) is 0. The highest BCUT2D eigenvalue weighted by atomic mass is 35.5. The van der Waals surface area contributed by atoms with Gasteiger partial charge in [0.1, 0.15) is 0 Å². The maximum absolute atomic E-state index is 5.77. The highest BCUT2D eigenvalue weighted by Crippen LogP contribution is 2.24. The molecule has 0 aromatic rings. The largest absolute Gasteiger partial charge is 0.301 e. The molecule has 0 aromatic carbocycles. The Labute approximate surface area is 105 Å². The van der Waals surface area contributed by atoms with Gasteiger partial charge in [-0.3, -0.25) is 4.90 Å². The van der Waals surface area contributed by atoms with E-state index >= 15 is 0 Å². The van der Waals surface area contributed by atoms with Crippen molar-refractivity contribution < 1.29 is 0 Å². The fourth-order valence-corrected chi connectivity index (χ4v) is 3.29. The summed E-state index contributed by atoms with van der Waals surface area (Å²) < 4.78 is 0. The minimum Gasteiger partial charge on any atom is -0.301 e. The van der Waals surface area contributed by atoms with Crippen LogP contribution in [0.25, 0.3) is 0 Å². The fourth-order valence-electron chi connectivity index (χ4n) is 3.05. The number of rotatable bonds is 4. The van der Waals surface area contributed by atoms with Crippen LogP contribution in [0.1, 0.15) is 32.1 Å². The molecule has 2 nitrogen and oxygen atoms in total. The lowest BCUT2D eigenvalue weighted by Crippen LogP contribution is -2.48. The van der Waals surface area contributed by atoms with Crippen LogP contribution in [0.4, 0.5) is 0 Å². The summed E-state index contributed by atoms with van der Waals surface area (Å²) in [6.45, 7) is 7.38. The highest BCUT2D eigenvalue weighted by Gasteiger charge is 2.20. The van der Waals surface area contributed by atoms with E-state index in [9.17, 15) is 0 Å². The van der Waals surface area contributed by atoms with Gasteiger partial charge < -0.3 is 4.90 Å². The molecule has 16 heavy (non-hydrogen) atoms. The summed E-state index contributed by atoms with van der Waals surface area (Å²) in [4.78, 5) is 5.16. The summed E-state index contributed by atoms with van der Waals surface area (Å²) in [6, 6.07) is 0. The lowest BCUT2D eigenvalue weighted by Gasteiger charge is -2.37. The first-order valence-electron chi connectivity index (χ1n) is 6.89. The minimum atomic E-state index is 0.780. The molecule has 0 atom stereocenters. The van der Waals surface area contributed by atoms with Gasteiger partial charge in [-0.05, 0) is 18.8 Å². The molecule has 2 fully saturated rings. The number of halogens is 1. The van der Waals surface area contributed by atoms with Crippen LogP contribution in [0.2, 0.25) is 0 Å². The molecule has 0 amide bonds. The van der Waals surface area contributed by atoms with Gasteiger partial charge in [-0.15, -0.1) is 11.6 Å². The average molecular weight is 245 g/mol. The molecular weight excluding hydrogens is 220 g/mol. The van der Waals surface area contributed by atoms with Gasteiger partial charge in [0.2, 0.25) is 0 Å². The molecule has 94 valence electrons. The fraction of sp³-hybridized carbons (Fsp3) is 1.00. The van der Waals surface area contributed by atoms with E-state index in [0.29, 0.717) is 0 Å². The van der Waals surface area contributed by atoms with Crippen molar-refractivity contribution in [3.05, 3.63) is 0 Å². The molecule has 0 N–H and O–H groups in total. The van der Waals surface area contributed by atoms with Crippen LogP contribution in [0, 0.1) is 5.92 Å². The van der Waals surface area contributed by atoms with Crippen LogP contribution in [0.5, 0.6) is 0 Å². The van der Waals surface area contributed by atoms with E-state index in [1.54, 1.807) is 0 Å². The molecule has 1 aliphatic heterocycles. The van der Waals surface area contributed by atoms with Crippen molar-refractivity contribution in [2.75, 3.05) is 45.1 Å². The SMILES string of the molecule is ClCCN1CCN(CC2CCCCC2)CC1. The Morgan fingerprint density at radius 3 is 2.12 bits per heavy atom. The van der Waals surface area contributed by atoms with Gasteiger partial charge in [0.25, 0.3) is 0 Å². The zero-order valence-electron chi connectivity index (χ0n) is 10.3. The summed E-state index contributed by atoms with van der Waals surface area (Å²) in [6.07, 6.45) is 7.36. The third kappa shape index (κ3) is 3.90. The van der Waals surface area contributed by atoms with Crippen LogP contribution >= 0.6 is 11.6 Å². The molecule has 3 heteroatoms. The van der Waals surface area contributed by atoms with Crippen LogP contribution in [-0.2, 0) is 0 Å². The Morgan fingerprint density at radius 1 is 0.875 bits per heavy atom. The molecule has 0 spiro atoms. The van der Waals surface area contributed by atoms with E-state index in [1.165, 1.54) is 64.8 Å². The van der Waals surface area contributed by atoms with Gasteiger partial charge in [0.15, 0.2) is 0 Å². The Bertz CT molecular complexity index is 184. The number of nitrogens with zero attached hydrogens (tertiary/aromatic N) is 2. The molecule has 0 aromatic heterocycles. The zero-order chi connectivity index (χ0) is 11.2. The van der Waals surface area contributed by atoms with Crippen molar-refractivity contribution in [3.8, 4) is 0 Å². The van der Waals surface area contributed by atoms with Crippen LogP contribution in [-0.4, -0.2) is 54.9 Å². The Kier molecular flexibility index (Phi) is 5.40. The van der Waals surface area contributed by atoms with Crippen molar-refractivity contribution >= 4 is 11.6 Å². The molecule has 1 heterocycles. The van der Waals surface area contributed by atoms with Crippen molar-refractivity contribution in [3.63, 3.8) is 0 Å². The first-order chi connectivity index (χ1) is 7.88. The maximum Gasteiger partial charge on any atom is 0.0351 e. The third-order valence-electron chi connectivity index (χ3n) is 4.11. The van der Waals surface area contributed by atoms with E-state index in [-0.39, 0.29) is 0 Å². The Morgan fingerprint density at radius 2 is 1.50 bits per heavy atom. The van der Waals surface area contributed by atoms with E-state index < -0.39 is 0 Å². The monoisotopic (exact) mass is 244 g/mol. The molecule has 1 saturated carbocycles. The van der Waals surface area contributed by atoms with E-state index in [4.69, 9.17) is 11.6 Å². The predicted molar refractivity (Wildman–Crippen MR) is 70.2 cm³/mol. The second-order valence-electron chi connectivity index (χ2n) is 5.34. The van der Waals surface area contributed by atoms with E-state index in [1.807, 2.05) is 0 Å². The molecule has 2 aliphatic rings. The lowest BCUT2D eigenvalue weighted by atomic mass is 9.89. The van der Waals surface area contributed by atoms with Gasteiger partial charge in [0.05, 0.1) is 0 Å². The second-order valence-corrected chi connectivity index (χ2v) is 5.71. The number of alkyl halides is 1. The van der Waals surface area contributed by atoms with Crippen LogP contribution in [0.3, 0.4) is 0 Å². The molecule has 0 bridgehead atoms. The molecule has 2 rings (SSSR count). The van der Waals surface area contributed by atoms with Crippen molar-refractivity contribution in [1.82, 2.24) is 9.80 Å². The average Bonchev–Trinajstić information content (AvgIpc) is 2.33. The molecular formula is C13H25ClN2. The zero-order valence-corrected chi connectivity index (χ0v) is 11.1. The smallest absolute Gasteiger partial charge is 0.0351 e. The summed E-state index contributed by atoms with van der Waals surface area (Å²) >= 11 is 5.77. The highest BCUT2D eigenvalue weighted by molar-refractivity contribution is 6.18. The minimum absolute atomic E-state index is 0.780. The van der Waals surface area contributed by atoms with Gasteiger partial charge >= 0.3 is 0 Å². The van der Waals surface area contributed by atoms with Crippen molar-refractivity contribution in [1.29, 1.82) is 0 Å². The van der Waals surface area contributed by atoms with E-state index in [0.717, 1.165) is 18.3 Å². The Hall–Kier alpha value is 0.210. The second kappa shape index (κ2) is 6.83. The lowest BCUT2D eigenvalue weighted by molar-refractivity contribution is 0.114. The predicted octanol–water partition coefficient (Wildman–Crippen LogP) is 2.42. The summed E-state index contributed by atoms with van der Waals surface area (Å²) in [5.74, 6) is 1.77. The maximum atomic E-state index is 5.77. The van der Waals surface area contributed by atoms with E-state index in [2.05, 4.69) is 9.80 Å². The summed E-state index contributed by atoms with van der Waals surface area (Å²) in [7, 11) is 0. The summed E-state index contributed by atoms with van der Waals surface area (Å²) in [5, 5.41) is 0. The van der Waals surface area contributed by atoms with Gasteiger partial charge in [-0.25, -0.2) is 0 Å². The summed E-state index contributed by atoms with van der Waals surface area (Å²) in [5.41, 5.74) is 0. The standard InChI is InChI=1S/C13H25ClN2/c14-6-7-15-8-10-16(11-9-15)12-13-4-2-1-3-5-13/h13H,1-12H2. The first kappa shape index (κ1) is 12.7. The van der Waals surface area contributed by atoms with Crippen LogP contribution < -0.4 is 0 Å². The molecule has 0 radical (unpaired) electrons. The topological polar surface area (TPSA) is 6.48 Å². The Balaban J connectivity index is 1.64.